The van der Waals surface area contributed by atoms with Gasteiger partial charge in [0.15, 0.2) is 0 Å². The van der Waals surface area contributed by atoms with Gasteiger partial charge in [-0.3, -0.25) is 25.2 Å². The van der Waals surface area contributed by atoms with Gasteiger partial charge in [0.2, 0.25) is 5.91 Å². The summed E-state index contributed by atoms with van der Waals surface area (Å²) in [5.41, 5.74) is 5.07. The SMILES string of the molecule is COc1ccc(C(=O)NNC(=O)[C@@H]2CCCC[C@H]2C(=O)O)cc1I. The van der Waals surface area contributed by atoms with Crippen molar-refractivity contribution < 1.29 is 24.2 Å². The van der Waals surface area contributed by atoms with Gasteiger partial charge in [0.1, 0.15) is 5.75 Å². The zero-order valence-electron chi connectivity index (χ0n) is 13.2. The molecule has 3 N–H and O–H groups in total. The molecule has 24 heavy (non-hydrogen) atoms. The molecular formula is C16H19IN2O5. The fourth-order valence-corrected chi connectivity index (χ4v) is 3.57. The van der Waals surface area contributed by atoms with Crippen molar-refractivity contribution in [2.75, 3.05) is 7.11 Å². The van der Waals surface area contributed by atoms with E-state index in [0.29, 0.717) is 24.2 Å². The number of hydrogen-bond acceptors (Lipinski definition) is 4. The number of aliphatic carboxylic acids is 1. The van der Waals surface area contributed by atoms with Gasteiger partial charge >= 0.3 is 5.97 Å². The zero-order valence-corrected chi connectivity index (χ0v) is 15.3. The van der Waals surface area contributed by atoms with E-state index in [1.807, 2.05) is 22.6 Å². The van der Waals surface area contributed by atoms with E-state index in [-0.39, 0.29) is 0 Å². The van der Waals surface area contributed by atoms with Gasteiger partial charge in [-0.2, -0.15) is 0 Å². The highest BCUT2D eigenvalue weighted by atomic mass is 127. The van der Waals surface area contributed by atoms with Gasteiger partial charge in [0.05, 0.1) is 22.5 Å². The number of carbonyl (C=O) groups excluding carboxylic acids is 2. The predicted molar refractivity (Wildman–Crippen MR) is 94.4 cm³/mol. The lowest BCUT2D eigenvalue weighted by molar-refractivity contribution is -0.149. The Morgan fingerprint density at radius 3 is 2.42 bits per heavy atom. The van der Waals surface area contributed by atoms with E-state index < -0.39 is 29.6 Å². The fraction of sp³-hybridized carbons (Fsp3) is 0.438. The maximum absolute atomic E-state index is 12.2. The third kappa shape index (κ3) is 4.37. The largest absolute Gasteiger partial charge is 0.496 e. The summed E-state index contributed by atoms with van der Waals surface area (Å²) in [7, 11) is 1.54. The number of halogens is 1. The van der Waals surface area contributed by atoms with Crippen LogP contribution in [0.15, 0.2) is 18.2 Å². The van der Waals surface area contributed by atoms with Crippen molar-refractivity contribution in [3.05, 3.63) is 27.3 Å². The lowest BCUT2D eigenvalue weighted by Crippen LogP contribution is -2.47. The minimum Gasteiger partial charge on any atom is -0.496 e. The number of rotatable bonds is 4. The van der Waals surface area contributed by atoms with Crippen molar-refractivity contribution >= 4 is 40.4 Å². The lowest BCUT2D eigenvalue weighted by Gasteiger charge is -2.27. The minimum atomic E-state index is -0.967. The predicted octanol–water partition coefficient (Wildman–Crippen LogP) is 1.95. The summed E-state index contributed by atoms with van der Waals surface area (Å²) >= 11 is 2.05. The molecule has 0 heterocycles. The second-order valence-corrected chi connectivity index (χ2v) is 6.79. The van der Waals surface area contributed by atoms with Crippen LogP contribution in [0.25, 0.3) is 0 Å². The Morgan fingerprint density at radius 1 is 1.17 bits per heavy atom. The van der Waals surface area contributed by atoms with Crippen molar-refractivity contribution in [3.8, 4) is 5.75 Å². The number of hydrazine groups is 1. The lowest BCUT2D eigenvalue weighted by atomic mass is 9.79. The molecule has 0 aliphatic heterocycles. The Morgan fingerprint density at radius 2 is 1.83 bits per heavy atom. The Labute approximate surface area is 153 Å². The van der Waals surface area contributed by atoms with Gasteiger partial charge in [-0.15, -0.1) is 0 Å². The van der Waals surface area contributed by atoms with Crippen LogP contribution in [0.5, 0.6) is 5.75 Å². The molecule has 0 saturated heterocycles. The molecule has 1 aromatic rings. The van der Waals surface area contributed by atoms with E-state index >= 15 is 0 Å². The maximum Gasteiger partial charge on any atom is 0.307 e. The number of amides is 2. The fourth-order valence-electron chi connectivity index (χ4n) is 2.83. The van der Waals surface area contributed by atoms with Crippen LogP contribution >= 0.6 is 22.6 Å². The summed E-state index contributed by atoms with van der Waals surface area (Å²) in [6, 6.07) is 4.89. The van der Waals surface area contributed by atoms with E-state index in [4.69, 9.17) is 4.74 Å². The quantitative estimate of drug-likeness (QED) is 0.485. The molecule has 0 spiro atoms. The van der Waals surface area contributed by atoms with Gasteiger partial charge in [-0.05, 0) is 53.6 Å². The van der Waals surface area contributed by atoms with Crippen LogP contribution < -0.4 is 15.6 Å². The van der Waals surface area contributed by atoms with Crippen LogP contribution in [0.3, 0.4) is 0 Å². The van der Waals surface area contributed by atoms with Crippen LogP contribution in [0.2, 0.25) is 0 Å². The molecule has 1 saturated carbocycles. The number of carboxylic acid groups (broad SMARTS) is 1. The summed E-state index contributed by atoms with van der Waals surface area (Å²) in [5, 5.41) is 9.21. The van der Waals surface area contributed by atoms with E-state index in [9.17, 15) is 19.5 Å². The topological polar surface area (TPSA) is 105 Å². The van der Waals surface area contributed by atoms with Gasteiger partial charge in [-0.25, -0.2) is 0 Å². The first-order valence-corrected chi connectivity index (χ1v) is 8.68. The minimum absolute atomic E-state index is 0.374. The molecule has 1 fully saturated rings. The van der Waals surface area contributed by atoms with Crippen LogP contribution in [0.1, 0.15) is 36.0 Å². The number of nitrogens with one attached hydrogen (secondary N) is 2. The van der Waals surface area contributed by atoms with Crippen molar-refractivity contribution in [2.45, 2.75) is 25.7 Å². The second kappa shape index (κ2) is 8.32. The maximum atomic E-state index is 12.2. The normalized spacial score (nSPS) is 20.1. The molecule has 0 unspecified atom stereocenters. The summed E-state index contributed by atoms with van der Waals surface area (Å²) < 4.78 is 5.90. The second-order valence-electron chi connectivity index (χ2n) is 5.63. The molecule has 1 aliphatic rings. The van der Waals surface area contributed by atoms with Crippen molar-refractivity contribution in [1.82, 2.24) is 10.9 Å². The standard InChI is InChI=1S/C16H19IN2O5/c1-24-13-7-6-9(8-12(13)17)14(20)18-19-15(21)10-4-2-3-5-11(10)16(22)23/h6-8,10-11H,2-5H2,1H3,(H,18,20)(H,19,21)(H,22,23)/t10-,11-/m1/s1. The molecule has 0 bridgehead atoms. The van der Waals surface area contributed by atoms with Crippen molar-refractivity contribution in [2.24, 2.45) is 11.8 Å². The number of methoxy groups -OCH3 is 1. The van der Waals surface area contributed by atoms with Crippen LogP contribution in [-0.4, -0.2) is 30.0 Å². The number of ether oxygens (including phenoxy) is 1. The van der Waals surface area contributed by atoms with Gasteiger partial charge in [0, 0.05) is 5.56 Å². The van der Waals surface area contributed by atoms with Crippen LogP contribution in [0, 0.1) is 15.4 Å². The van der Waals surface area contributed by atoms with Crippen LogP contribution in [0.4, 0.5) is 0 Å². The van der Waals surface area contributed by atoms with Crippen molar-refractivity contribution in [1.29, 1.82) is 0 Å². The molecular weight excluding hydrogens is 427 g/mol. The number of carbonyl (C=O) groups is 3. The first kappa shape index (κ1) is 18.5. The third-order valence-corrected chi connectivity index (χ3v) is 4.98. The molecule has 2 atom stereocenters. The summed E-state index contributed by atoms with van der Waals surface area (Å²) in [6.45, 7) is 0. The monoisotopic (exact) mass is 446 g/mol. The van der Waals surface area contributed by atoms with E-state index in [1.165, 1.54) is 0 Å². The van der Waals surface area contributed by atoms with Crippen molar-refractivity contribution in [3.63, 3.8) is 0 Å². The number of carboxylic acids is 1. The van der Waals surface area contributed by atoms with E-state index in [2.05, 4.69) is 10.9 Å². The highest BCUT2D eigenvalue weighted by Crippen LogP contribution is 2.30. The molecule has 7 nitrogen and oxygen atoms in total. The van der Waals surface area contributed by atoms with Gasteiger partial charge < -0.3 is 9.84 Å². The molecule has 8 heteroatoms. The average Bonchev–Trinajstić information content (AvgIpc) is 2.59. The smallest absolute Gasteiger partial charge is 0.307 e. The highest BCUT2D eigenvalue weighted by Gasteiger charge is 2.35. The Hall–Kier alpha value is -1.84. The molecule has 1 aromatic carbocycles. The van der Waals surface area contributed by atoms with E-state index in [0.717, 1.165) is 16.4 Å². The van der Waals surface area contributed by atoms with Gasteiger partial charge in [-0.1, -0.05) is 12.8 Å². The molecule has 0 aromatic heterocycles. The first-order chi connectivity index (χ1) is 11.4. The molecule has 2 rings (SSSR count). The van der Waals surface area contributed by atoms with E-state index in [1.54, 1.807) is 25.3 Å². The summed E-state index contributed by atoms with van der Waals surface area (Å²) in [6.07, 6.45) is 2.61. The number of benzene rings is 1. The Bertz CT molecular complexity index is 649. The first-order valence-electron chi connectivity index (χ1n) is 7.60. The summed E-state index contributed by atoms with van der Waals surface area (Å²) in [5.74, 6) is -2.55. The van der Waals surface area contributed by atoms with Gasteiger partial charge in [0.25, 0.3) is 5.91 Å². The zero-order chi connectivity index (χ0) is 17.7. The Balaban J connectivity index is 1.96. The highest BCUT2D eigenvalue weighted by molar-refractivity contribution is 14.1. The third-order valence-electron chi connectivity index (χ3n) is 4.13. The average molecular weight is 446 g/mol. The Kier molecular flexibility index (Phi) is 6.41. The molecule has 2 amide bonds. The van der Waals surface area contributed by atoms with Crippen LogP contribution in [-0.2, 0) is 9.59 Å². The summed E-state index contributed by atoms with van der Waals surface area (Å²) in [4.78, 5) is 35.6. The number of hydrogen-bond donors (Lipinski definition) is 3. The molecule has 130 valence electrons. The molecule has 1 aliphatic carbocycles. The molecule has 0 radical (unpaired) electrons.